The van der Waals surface area contributed by atoms with E-state index in [0.29, 0.717) is 6.61 Å². The third kappa shape index (κ3) is 3.44. The second-order valence-electron chi connectivity index (χ2n) is 2.41. The van der Waals surface area contributed by atoms with E-state index in [1.165, 1.54) is 0 Å². The van der Waals surface area contributed by atoms with Gasteiger partial charge in [0.05, 0.1) is 0 Å². The maximum absolute atomic E-state index is 5.73. The summed E-state index contributed by atoms with van der Waals surface area (Å²) in [6.07, 6.45) is 1.90. The summed E-state index contributed by atoms with van der Waals surface area (Å²) in [7, 11) is 17.2. The molecular formula is C5H10Cl3O2Te. The van der Waals surface area contributed by atoms with Gasteiger partial charge >= 0.3 is 79.8 Å². The van der Waals surface area contributed by atoms with Gasteiger partial charge in [0.15, 0.2) is 0 Å². The Kier molecular flexibility index (Phi) is 3.28. The molecule has 1 saturated heterocycles. The fourth-order valence-electron chi connectivity index (χ4n) is 0.900. The van der Waals surface area contributed by atoms with Crippen LogP contribution in [0.3, 0.4) is 0 Å². The molecule has 1 radical (unpaired) electrons. The van der Waals surface area contributed by atoms with Crippen LogP contribution in [0.5, 0.6) is 0 Å². The van der Waals surface area contributed by atoms with Crippen molar-refractivity contribution in [3.05, 3.63) is 0 Å². The maximum atomic E-state index is 5.73. The van der Waals surface area contributed by atoms with Gasteiger partial charge < -0.3 is 0 Å². The fraction of sp³-hybridized carbons (Fsp3) is 1.00. The summed E-state index contributed by atoms with van der Waals surface area (Å²) in [5.74, 6) is 0. The number of hydrogen-bond acceptors (Lipinski definition) is 2. The predicted octanol–water partition coefficient (Wildman–Crippen LogP) is 2.80. The molecule has 0 aromatic rings. The Labute approximate surface area is 79.4 Å². The van der Waals surface area contributed by atoms with Gasteiger partial charge in [-0.05, 0) is 0 Å². The molecule has 6 heteroatoms. The molecule has 1 rings (SSSR count). The van der Waals surface area contributed by atoms with Gasteiger partial charge in [-0.2, -0.15) is 0 Å². The van der Waals surface area contributed by atoms with Gasteiger partial charge in [0.1, 0.15) is 0 Å². The van der Waals surface area contributed by atoms with Crippen LogP contribution in [0.25, 0.3) is 0 Å². The molecule has 0 N–H and O–H groups in total. The third-order valence-corrected chi connectivity index (χ3v) is 7.64. The van der Waals surface area contributed by atoms with Gasteiger partial charge in [-0.15, -0.1) is 0 Å². The first-order valence-electron chi connectivity index (χ1n) is 3.34. The Balaban J connectivity index is 2.47. The van der Waals surface area contributed by atoms with Crippen LogP contribution in [0.2, 0.25) is 0 Å². The predicted molar refractivity (Wildman–Crippen MR) is 49.0 cm³/mol. The fourth-order valence-corrected chi connectivity index (χ4v) is 6.83. The van der Waals surface area contributed by atoms with Gasteiger partial charge in [-0.25, -0.2) is 0 Å². The minimum atomic E-state index is -4.34. The Morgan fingerprint density at radius 3 is 2.45 bits per heavy atom. The van der Waals surface area contributed by atoms with Gasteiger partial charge in [0, 0.05) is 0 Å². The Morgan fingerprint density at radius 1 is 1.45 bits per heavy atom. The van der Waals surface area contributed by atoms with E-state index in [-0.39, 0.29) is 6.10 Å². The minimum absolute atomic E-state index is 0.00883. The Bertz CT molecular complexity index is 156. The van der Waals surface area contributed by atoms with Crippen molar-refractivity contribution in [1.82, 2.24) is 0 Å². The molecular weight excluding hydrogens is 326 g/mol. The van der Waals surface area contributed by atoms with Crippen LogP contribution in [0, 0.1) is 0 Å². The average molecular weight is 336 g/mol. The summed E-state index contributed by atoms with van der Waals surface area (Å²) in [6.45, 7) is 2.49. The van der Waals surface area contributed by atoms with Crippen molar-refractivity contribution in [3.63, 3.8) is 0 Å². The molecule has 0 saturated carbocycles. The van der Waals surface area contributed by atoms with Crippen molar-refractivity contribution in [2.24, 2.45) is 0 Å². The van der Waals surface area contributed by atoms with Crippen molar-refractivity contribution in [2.45, 2.75) is 25.9 Å². The second kappa shape index (κ2) is 3.38. The molecule has 11 heavy (non-hydrogen) atoms. The normalized spacial score (nSPS) is 37.8. The standard InChI is InChI=1S/C5H10Cl3O2Te/c1-2-3-5-4-9-11(6,7,8)10-5/h5H,2-4H2,1H3. The van der Waals surface area contributed by atoms with Gasteiger partial charge in [0.25, 0.3) is 0 Å². The number of hydrogen-bond donors (Lipinski definition) is 0. The van der Waals surface area contributed by atoms with E-state index in [2.05, 4.69) is 6.92 Å². The summed E-state index contributed by atoms with van der Waals surface area (Å²) in [5.41, 5.74) is 0. The van der Waals surface area contributed by atoms with E-state index < -0.39 is 14.3 Å². The van der Waals surface area contributed by atoms with Gasteiger partial charge in [-0.3, -0.25) is 0 Å². The molecule has 0 aromatic heterocycles. The van der Waals surface area contributed by atoms with E-state index >= 15 is 0 Å². The molecule has 1 heterocycles. The molecule has 0 aliphatic carbocycles. The van der Waals surface area contributed by atoms with Crippen LogP contribution in [-0.2, 0) is 6.20 Å². The van der Waals surface area contributed by atoms with E-state index in [9.17, 15) is 0 Å². The van der Waals surface area contributed by atoms with Crippen LogP contribution in [0.4, 0.5) is 0 Å². The molecule has 0 spiro atoms. The number of rotatable bonds is 2. The topological polar surface area (TPSA) is 18.5 Å². The van der Waals surface area contributed by atoms with E-state index in [4.69, 9.17) is 33.1 Å². The molecule has 1 aliphatic heterocycles. The first-order valence-corrected chi connectivity index (χ1v) is 14.1. The zero-order valence-electron chi connectivity index (χ0n) is 6.06. The monoisotopic (exact) mass is 337 g/mol. The second-order valence-corrected chi connectivity index (χ2v) is 21.6. The van der Waals surface area contributed by atoms with E-state index in [1.54, 1.807) is 0 Å². The molecule has 2 nitrogen and oxygen atoms in total. The zero-order valence-corrected chi connectivity index (χ0v) is 10.7. The molecule has 1 aliphatic rings. The Morgan fingerprint density at radius 2 is 2.09 bits per heavy atom. The molecule has 1 fully saturated rings. The van der Waals surface area contributed by atoms with Crippen molar-refractivity contribution in [1.29, 1.82) is 0 Å². The summed E-state index contributed by atoms with van der Waals surface area (Å²) < 4.78 is 10.3. The summed E-state index contributed by atoms with van der Waals surface area (Å²) in [6, 6.07) is 0. The summed E-state index contributed by atoms with van der Waals surface area (Å²) >= 11 is -4.34. The molecule has 69 valence electrons. The van der Waals surface area contributed by atoms with Crippen LogP contribution in [0.15, 0.2) is 0 Å². The van der Waals surface area contributed by atoms with Crippen LogP contribution in [0.1, 0.15) is 19.8 Å². The van der Waals surface area contributed by atoms with Crippen molar-refractivity contribution >= 4 is 41.2 Å². The van der Waals surface area contributed by atoms with Crippen molar-refractivity contribution in [2.75, 3.05) is 6.61 Å². The quantitative estimate of drug-likeness (QED) is 0.722. The molecule has 0 amide bonds. The van der Waals surface area contributed by atoms with E-state index in [1.807, 2.05) is 0 Å². The van der Waals surface area contributed by atoms with Crippen LogP contribution < -0.4 is 0 Å². The molecule has 0 aromatic carbocycles. The molecule has 1 atom stereocenters. The third-order valence-electron chi connectivity index (χ3n) is 1.33. The first-order chi connectivity index (χ1) is 4.91. The van der Waals surface area contributed by atoms with Crippen LogP contribution in [-0.4, -0.2) is 27.0 Å². The van der Waals surface area contributed by atoms with Crippen LogP contribution >= 0.6 is 26.9 Å². The first kappa shape index (κ1) is 10.7. The molecule has 1 unspecified atom stereocenters. The van der Waals surface area contributed by atoms with Crippen molar-refractivity contribution in [3.8, 4) is 0 Å². The van der Waals surface area contributed by atoms with E-state index in [0.717, 1.165) is 12.8 Å². The van der Waals surface area contributed by atoms with Crippen molar-refractivity contribution < 1.29 is 6.20 Å². The Hall–Kier alpha value is 1.58. The zero-order chi connectivity index (χ0) is 8.56. The van der Waals surface area contributed by atoms with Gasteiger partial charge in [-0.1, -0.05) is 0 Å². The number of halogens is 3. The average Bonchev–Trinajstić information content (AvgIpc) is 2.07. The SMILES string of the molecule is CCCC1CO[Te](Cl)(Cl)(Cl)O1. The summed E-state index contributed by atoms with van der Waals surface area (Å²) in [5, 5.41) is 0. The summed E-state index contributed by atoms with van der Waals surface area (Å²) in [4.78, 5) is 0. The molecule has 0 bridgehead atoms. The van der Waals surface area contributed by atoms with Gasteiger partial charge in [0.2, 0.25) is 0 Å².